The Morgan fingerprint density at radius 3 is 2.55 bits per heavy atom. The van der Waals surface area contributed by atoms with E-state index >= 15 is 0 Å². The molecule has 0 unspecified atom stereocenters. The minimum absolute atomic E-state index is 0.00801. The molecule has 0 saturated heterocycles. The van der Waals surface area contributed by atoms with Crippen molar-refractivity contribution in [2.24, 2.45) is 0 Å². The van der Waals surface area contributed by atoms with Crippen molar-refractivity contribution in [3.8, 4) is 5.75 Å². The first-order valence-corrected chi connectivity index (χ1v) is 6.90. The number of aromatic carboxylic acids is 1. The Balaban J connectivity index is 2.00. The fraction of sp³-hybridized carbons (Fsp3) is 0.235. The van der Waals surface area contributed by atoms with E-state index in [2.05, 4.69) is 5.32 Å². The highest BCUT2D eigenvalue weighted by atomic mass is 19.1. The zero-order chi connectivity index (χ0) is 16.1. The largest absolute Gasteiger partial charge is 0.494 e. The Bertz CT molecular complexity index is 655. The van der Waals surface area contributed by atoms with Crippen molar-refractivity contribution in [2.45, 2.75) is 19.5 Å². The lowest BCUT2D eigenvalue weighted by Gasteiger charge is -2.15. The molecule has 0 saturated carbocycles. The van der Waals surface area contributed by atoms with Crippen LogP contribution >= 0.6 is 0 Å². The predicted molar refractivity (Wildman–Crippen MR) is 81.6 cm³/mol. The first kappa shape index (κ1) is 16.0. The van der Waals surface area contributed by atoms with Gasteiger partial charge in [-0.1, -0.05) is 18.2 Å². The number of nitrogens with one attached hydrogen (secondary N) is 1. The zero-order valence-electron chi connectivity index (χ0n) is 12.5. The van der Waals surface area contributed by atoms with Crippen LogP contribution in [-0.2, 0) is 6.54 Å². The number of hydrogen-bond acceptors (Lipinski definition) is 3. The van der Waals surface area contributed by atoms with Gasteiger partial charge in [-0.25, -0.2) is 9.18 Å². The molecule has 0 aliphatic carbocycles. The Hall–Kier alpha value is -2.40. The third kappa shape index (κ3) is 3.83. The first-order valence-electron chi connectivity index (χ1n) is 6.90. The van der Waals surface area contributed by atoms with Gasteiger partial charge >= 0.3 is 5.97 Å². The fourth-order valence-electron chi connectivity index (χ4n) is 2.10. The monoisotopic (exact) mass is 303 g/mol. The van der Waals surface area contributed by atoms with Crippen LogP contribution < -0.4 is 10.1 Å². The number of carboxylic acids is 1. The van der Waals surface area contributed by atoms with Crippen LogP contribution in [-0.4, -0.2) is 18.2 Å². The summed E-state index contributed by atoms with van der Waals surface area (Å²) in [6.45, 7) is 2.55. The first-order chi connectivity index (χ1) is 10.5. The lowest BCUT2D eigenvalue weighted by Crippen LogP contribution is -2.18. The molecule has 0 aromatic heterocycles. The van der Waals surface area contributed by atoms with E-state index in [9.17, 15) is 9.18 Å². The maximum atomic E-state index is 13.4. The third-order valence-corrected chi connectivity index (χ3v) is 3.49. The molecule has 0 heterocycles. The topological polar surface area (TPSA) is 58.6 Å². The summed E-state index contributed by atoms with van der Waals surface area (Å²) in [5, 5.41) is 12.2. The number of benzene rings is 2. The van der Waals surface area contributed by atoms with E-state index in [4.69, 9.17) is 9.84 Å². The van der Waals surface area contributed by atoms with Crippen LogP contribution in [0.5, 0.6) is 5.75 Å². The smallest absolute Gasteiger partial charge is 0.335 e. The molecular formula is C17H18FNO3. The highest BCUT2D eigenvalue weighted by Crippen LogP contribution is 2.22. The summed E-state index contributed by atoms with van der Waals surface area (Å²) in [7, 11) is 1.43. The molecule has 0 spiro atoms. The van der Waals surface area contributed by atoms with Crippen molar-refractivity contribution in [2.75, 3.05) is 7.11 Å². The fourth-order valence-corrected chi connectivity index (χ4v) is 2.10. The van der Waals surface area contributed by atoms with E-state index in [1.807, 2.05) is 6.92 Å². The molecule has 0 aliphatic rings. The number of ether oxygens (including phenoxy) is 1. The van der Waals surface area contributed by atoms with Crippen molar-refractivity contribution in [3.63, 3.8) is 0 Å². The van der Waals surface area contributed by atoms with Gasteiger partial charge in [-0.2, -0.15) is 0 Å². The van der Waals surface area contributed by atoms with Gasteiger partial charge in [-0.3, -0.25) is 0 Å². The summed E-state index contributed by atoms with van der Waals surface area (Å²) >= 11 is 0. The van der Waals surface area contributed by atoms with Crippen LogP contribution in [0.15, 0.2) is 42.5 Å². The molecule has 0 amide bonds. The van der Waals surface area contributed by atoms with E-state index in [-0.39, 0.29) is 23.2 Å². The normalized spacial score (nSPS) is 12.0. The minimum Gasteiger partial charge on any atom is -0.494 e. The number of rotatable bonds is 6. The Morgan fingerprint density at radius 2 is 1.95 bits per heavy atom. The maximum absolute atomic E-state index is 13.4. The number of carbonyl (C=O) groups is 1. The van der Waals surface area contributed by atoms with Gasteiger partial charge in [-0.15, -0.1) is 0 Å². The molecule has 2 aromatic carbocycles. The standard InChI is InChI=1S/C17H18FNO3/c1-11(14-7-8-15(18)16(9-14)22-2)19-10-12-3-5-13(6-4-12)17(20)21/h3-9,11,19H,10H2,1-2H3,(H,20,21)/t11-/m1/s1. The second-order valence-electron chi connectivity index (χ2n) is 5.00. The molecule has 116 valence electrons. The SMILES string of the molecule is COc1cc([C@@H](C)NCc2ccc(C(=O)O)cc2)ccc1F. The van der Waals surface area contributed by atoms with Gasteiger partial charge in [-0.05, 0) is 42.3 Å². The van der Waals surface area contributed by atoms with Crippen molar-refractivity contribution < 1.29 is 19.0 Å². The Labute approximate surface area is 128 Å². The average Bonchev–Trinajstić information content (AvgIpc) is 2.53. The van der Waals surface area contributed by atoms with Crippen LogP contribution in [0.4, 0.5) is 4.39 Å². The van der Waals surface area contributed by atoms with Crippen molar-refractivity contribution >= 4 is 5.97 Å². The highest BCUT2D eigenvalue weighted by Gasteiger charge is 2.09. The second kappa shape index (κ2) is 7.04. The van der Waals surface area contributed by atoms with Crippen LogP contribution in [0.2, 0.25) is 0 Å². The van der Waals surface area contributed by atoms with Gasteiger partial charge < -0.3 is 15.2 Å². The van der Waals surface area contributed by atoms with E-state index in [1.54, 1.807) is 36.4 Å². The van der Waals surface area contributed by atoms with E-state index < -0.39 is 5.97 Å². The van der Waals surface area contributed by atoms with Gasteiger partial charge in [0.1, 0.15) is 0 Å². The molecule has 5 heteroatoms. The van der Waals surface area contributed by atoms with Crippen molar-refractivity contribution in [3.05, 3.63) is 65.0 Å². The molecular weight excluding hydrogens is 285 g/mol. The highest BCUT2D eigenvalue weighted by molar-refractivity contribution is 5.87. The van der Waals surface area contributed by atoms with Crippen LogP contribution in [0.1, 0.15) is 34.5 Å². The predicted octanol–water partition coefficient (Wildman–Crippen LogP) is 3.38. The summed E-state index contributed by atoms with van der Waals surface area (Å²) in [6, 6.07) is 11.5. The quantitative estimate of drug-likeness (QED) is 0.859. The zero-order valence-corrected chi connectivity index (χ0v) is 12.5. The molecule has 1 atom stereocenters. The van der Waals surface area contributed by atoms with Gasteiger partial charge in [0.05, 0.1) is 12.7 Å². The van der Waals surface area contributed by atoms with Crippen molar-refractivity contribution in [1.82, 2.24) is 5.32 Å². The molecule has 0 bridgehead atoms. The molecule has 4 nitrogen and oxygen atoms in total. The molecule has 0 fully saturated rings. The van der Waals surface area contributed by atoms with Gasteiger partial charge in [0.2, 0.25) is 0 Å². The molecule has 2 aromatic rings. The van der Waals surface area contributed by atoms with E-state index in [1.165, 1.54) is 13.2 Å². The molecule has 2 N–H and O–H groups in total. The molecule has 2 rings (SSSR count). The number of methoxy groups -OCH3 is 1. The van der Waals surface area contributed by atoms with Crippen molar-refractivity contribution in [1.29, 1.82) is 0 Å². The summed E-state index contributed by atoms with van der Waals surface area (Å²) in [4.78, 5) is 10.8. The lowest BCUT2D eigenvalue weighted by molar-refractivity contribution is 0.0697. The number of carboxylic acid groups (broad SMARTS) is 1. The Morgan fingerprint density at radius 1 is 1.27 bits per heavy atom. The molecule has 0 aliphatic heterocycles. The Kier molecular flexibility index (Phi) is 5.12. The van der Waals surface area contributed by atoms with E-state index in [0.717, 1.165) is 11.1 Å². The second-order valence-corrected chi connectivity index (χ2v) is 5.00. The van der Waals surface area contributed by atoms with Crippen LogP contribution in [0.3, 0.4) is 0 Å². The average molecular weight is 303 g/mol. The van der Waals surface area contributed by atoms with Gasteiger partial charge in [0, 0.05) is 12.6 Å². The van der Waals surface area contributed by atoms with Gasteiger partial charge in [0.15, 0.2) is 11.6 Å². The summed E-state index contributed by atoms with van der Waals surface area (Å²) in [6.07, 6.45) is 0. The van der Waals surface area contributed by atoms with Crippen LogP contribution in [0.25, 0.3) is 0 Å². The molecule has 22 heavy (non-hydrogen) atoms. The number of hydrogen-bond donors (Lipinski definition) is 2. The lowest BCUT2D eigenvalue weighted by atomic mass is 10.1. The summed E-state index contributed by atoms with van der Waals surface area (Å²) < 4.78 is 18.4. The minimum atomic E-state index is -0.939. The number of halogens is 1. The molecule has 0 radical (unpaired) electrons. The van der Waals surface area contributed by atoms with Gasteiger partial charge in [0.25, 0.3) is 0 Å². The van der Waals surface area contributed by atoms with Crippen LogP contribution in [0, 0.1) is 5.82 Å². The van der Waals surface area contributed by atoms with E-state index in [0.29, 0.717) is 6.54 Å². The summed E-state index contributed by atoms with van der Waals surface area (Å²) in [5.41, 5.74) is 2.16. The maximum Gasteiger partial charge on any atom is 0.335 e. The summed E-state index contributed by atoms with van der Waals surface area (Å²) in [5.74, 6) is -1.11. The third-order valence-electron chi connectivity index (χ3n) is 3.49.